The lowest BCUT2D eigenvalue weighted by Crippen LogP contribution is -2.67. The molecule has 2 saturated heterocycles. The van der Waals surface area contributed by atoms with Gasteiger partial charge in [0.15, 0.2) is 0 Å². The van der Waals surface area contributed by atoms with Gasteiger partial charge < -0.3 is 0 Å². The molecule has 0 aromatic carbocycles. The average molecular weight is 362 g/mol. The number of hydrogen-bond acceptors (Lipinski definition) is 5. The van der Waals surface area contributed by atoms with Crippen LogP contribution in [0.1, 0.15) is 72.1 Å². The first-order chi connectivity index (χ1) is 12.2. The second-order valence-electron chi connectivity index (χ2n) is 10.2. The summed E-state index contributed by atoms with van der Waals surface area (Å²) in [4.78, 5) is 10.5. The van der Waals surface area contributed by atoms with Crippen molar-refractivity contribution in [3.63, 3.8) is 0 Å². The number of aliphatic imine (C=N–C) groups is 1. The molecule has 0 aromatic rings. The number of nitrogens with zero attached hydrogens (tertiary/aromatic N) is 5. The van der Waals surface area contributed by atoms with Crippen LogP contribution in [0.5, 0.6) is 0 Å². The van der Waals surface area contributed by atoms with E-state index in [-0.39, 0.29) is 5.66 Å². The molecule has 0 bridgehead atoms. The van der Waals surface area contributed by atoms with Gasteiger partial charge in [-0.3, -0.25) is 14.8 Å². The largest absolute Gasteiger partial charge is 0.275 e. The van der Waals surface area contributed by atoms with Crippen LogP contribution in [0.25, 0.3) is 0 Å². The van der Waals surface area contributed by atoms with Crippen molar-refractivity contribution in [2.24, 2.45) is 16.3 Å². The van der Waals surface area contributed by atoms with E-state index in [1.54, 1.807) is 0 Å². The maximum Gasteiger partial charge on any atom is 0.135 e. The summed E-state index contributed by atoms with van der Waals surface area (Å²) in [7, 11) is 6.72. The highest BCUT2D eigenvalue weighted by Crippen LogP contribution is 2.50. The van der Waals surface area contributed by atoms with E-state index >= 15 is 0 Å². The maximum absolute atomic E-state index is 5.51. The first-order valence-corrected chi connectivity index (χ1v) is 10.7. The fourth-order valence-corrected chi connectivity index (χ4v) is 6.46. The topological polar surface area (TPSA) is 25.3 Å². The van der Waals surface area contributed by atoms with Gasteiger partial charge in [0.2, 0.25) is 0 Å². The van der Waals surface area contributed by atoms with E-state index < -0.39 is 0 Å². The van der Waals surface area contributed by atoms with Crippen LogP contribution in [-0.4, -0.2) is 71.3 Å². The number of fused-ring (bicyclic) bond motifs is 2. The molecule has 26 heavy (non-hydrogen) atoms. The van der Waals surface area contributed by atoms with E-state index in [1.165, 1.54) is 50.7 Å². The van der Waals surface area contributed by atoms with Crippen LogP contribution in [0, 0.1) is 11.3 Å². The molecular weight excluding hydrogens is 322 g/mol. The third kappa shape index (κ3) is 2.95. The van der Waals surface area contributed by atoms with Gasteiger partial charge in [-0.1, -0.05) is 19.8 Å². The second kappa shape index (κ2) is 6.54. The summed E-state index contributed by atoms with van der Waals surface area (Å²) in [6.07, 6.45) is 10.9. The predicted molar refractivity (Wildman–Crippen MR) is 108 cm³/mol. The van der Waals surface area contributed by atoms with Crippen LogP contribution in [0.4, 0.5) is 0 Å². The minimum absolute atomic E-state index is 0.117. The summed E-state index contributed by atoms with van der Waals surface area (Å²) >= 11 is 0. The van der Waals surface area contributed by atoms with E-state index in [1.807, 2.05) is 0 Å². The maximum atomic E-state index is 5.51. The summed E-state index contributed by atoms with van der Waals surface area (Å²) in [6, 6.07) is 0.545. The van der Waals surface area contributed by atoms with E-state index in [2.05, 4.69) is 61.7 Å². The first kappa shape index (κ1) is 18.9. The van der Waals surface area contributed by atoms with Crippen LogP contribution in [0.2, 0.25) is 0 Å². The monoisotopic (exact) mass is 361 g/mol. The Balaban J connectivity index is 1.60. The van der Waals surface area contributed by atoms with Gasteiger partial charge in [0.1, 0.15) is 12.0 Å². The molecule has 2 aliphatic carbocycles. The van der Waals surface area contributed by atoms with Gasteiger partial charge in [-0.15, -0.1) is 0 Å². The van der Waals surface area contributed by atoms with Crippen molar-refractivity contribution >= 4 is 5.71 Å². The molecular formula is C21H39N5. The van der Waals surface area contributed by atoms with Gasteiger partial charge in [-0.05, 0) is 71.4 Å². The van der Waals surface area contributed by atoms with Crippen molar-refractivity contribution in [1.29, 1.82) is 0 Å². The lowest BCUT2D eigenvalue weighted by Gasteiger charge is -2.53. The van der Waals surface area contributed by atoms with Crippen LogP contribution < -0.4 is 0 Å². The van der Waals surface area contributed by atoms with Crippen LogP contribution in [0.15, 0.2) is 4.99 Å². The van der Waals surface area contributed by atoms with E-state index in [9.17, 15) is 0 Å². The van der Waals surface area contributed by atoms with Crippen molar-refractivity contribution in [3.8, 4) is 0 Å². The Kier molecular flexibility index (Phi) is 4.74. The molecule has 2 saturated carbocycles. The van der Waals surface area contributed by atoms with Crippen molar-refractivity contribution in [3.05, 3.63) is 0 Å². The van der Waals surface area contributed by atoms with Gasteiger partial charge in [-0.25, -0.2) is 5.01 Å². The number of rotatable bonds is 1. The minimum atomic E-state index is -0.117. The Labute approximate surface area is 160 Å². The molecule has 0 amide bonds. The van der Waals surface area contributed by atoms with Gasteiger partial charge in [0, 0.05) is 25.2 Å². The van der Waals surface area contributed by atoms with Crippen molar-refractivity contribution in [1.82, 2.24) is 19.8 Å². The van der Waals surface area contributed by atoms with Crippen molar-refractivity contribution in [2.75, 3.05) is 27.8 Å². The smallest absolute Gasteiger partial charge is 0.135 e. The molecule has 5 atom stereocenters. The van der Waals surface area contributed by atoms with Crippen LogP contribution in [-0.2, 0) is 0 Å². The van der Waals surface area contributed by atoms with Gasteiger partial charge in [0.05, 0.1) is 6.67 Å². The Morgan fingerprint density at radius 2 is 1.85 bits per heavy atom. The van der Waals surface area contributed by atoms with Gasteiger partial charge in [-0.2, -0.15) is 5.01 Å². The van der Waals surface area contributed by atoms with Gasteiger partial charge in [0.25, 0.3) is 0 Å². The first-order valence-electron chi connectivity index (χ1n) is 10.7. The van der Waals surface area contributed by atoms with Crippen molar-refractivity contribution in [2.45, 2.75) is 90.1 Å². The Bertz CT molecular complexity index is 577. The molecule has 0 aromatic heterocycles. The van der Waals surface area contributed by atoms with Crippen LogP contribution in [0.3, 0.4) is 0 Å². The standard InChI is InChI=1S/C21H39N5/c1-16-14-21(3,26-19(25(16)6)23(4)15-24(26)5)22-18-10-12-20(2)11-8-7-9-17(20)13-18/h16-17,19H,7-15H2,1-6H3. The molecule has 0 N–H and O–H groups in total. The summed E-state index contributed by atoms with van der Waals surface area (Å²) in [6.45, 7) is 8.26. The quantitative estimate of drug-likeness (QED) is 0.713. The molecule has 5 unspecified atom stereocenters. The van der Waals surface area contributed by atoms with E-state index in [0.29, 0.717) is 17.7 Å². The molecule has 2 aliphatic heterocycles. The van der Waals surface area contributed by atoms with E-state index in [4.69, 9.17) is 4.99 Å². The minimum Gasteiger partial charge on any atom is -0.275 e. The van der Waals surface area contributed by atoms with Gasteiger partial charge >= 0.3 is 0 Å². The molecule has 4 aliphatic rings. The molecule has 5 heteroatoms. The molecule has 148 valence electrons. The number of hydrogen-bond donors (Lipinski definition) is 0. The third-order valence-corrected chi connectivity index (χ3v) is 8.05. The Morgan fingerprint density at radius 1 is 1.08 bits per heavy atom. The van der Waals surface area contributed by atoms with Crippen LogP contribution >= 0.6 is 0 Å². The molecule has 2 heterocycles. The molecule has 0 spiro atoms. The summed E-state index contributed by atoms with van der Waals surface area (Å²) in [5.74, 6) is 0.866. The highest BCUT2D eigenvalue weighted by Gasteiger charge is 2.53. The third-order valence-electron chi connectivity index (χ3n) is 8.05. The lowest BCUT2D eigenvalue weighted by molar-refractivity contribution is -0.174. The van der Waals surface area contributed by atoms with Crippen molar-refractivity contribution < 1.29 is 0 Å². The summed E-state index contributed by atoms with van der Waals surface area (Å²) in [5.41, 5.74) is 1.97. The molecule has 4 rings (SSSR count). The molecule has 0 radical (unpaired) electrons. The highest BCUT2D eigenvalue weighted by atomic mass is 15.8. The fraction of sp³-hybridized carbons (Fsp3) is 0.952. The lowest BCUT2D eigenvalue weighted by atomic mass is 9.60. The molecule has 5 nitrogen and oxygen atoms in total. The summed E-state index contributed by atoms with van der Waals surface area (Å²) in [5, 5.41) is 4.92. The highest BCUT2D eigenvalue weighted by molar-refractivity contribution is 5.86. The number of hydrazine groups is 1. The van der Waals surface area contributed by atoms with E-state index in [0.717, 1.165) is 19.0 Å². The zero-order valence-corrected chi connectivity index (χ0v) is 17.8. The molecule has 4 fully saturated rings. The average Bonchev–Trinajstić information content (AvgIpc) is 2.88. The Hall–Kier alpha value is -0.490. The zero-order chi connectivity index (χ0) is 18.7. The normalized spacial score (nSPS) is 47.9. The zero-order valence-electron chi connectivity index (χ0n) is 17.8. The Morgan fingerprint density at radius 3 is 2.62 bits per heavy atom. The summed E-state index contributed by atoms with van der Waals surface area (Å²) < 4.78 is 0. The fourth-order valence-electron chi connectivity index (χ4n) is 6.46. The predicted octanol–water partition coefficient (Wildman–Crippen LogP) is 3.58. The SMILES string of the molecule is CC1CC(C)(N=C2CCC3(C)CCCCC3C2)N2C(N(C)CN2C)N1C. The second-order valence-corrected chi connectivity index (χ2v) is 10.2.